The summed E-state index contributed by atoms with van der Waals surface area (Å²) in [6, 6.07) is 9.70. The maximum absolute atomic E-state index is 4.87. The van der Waals surface area contributed by atoms with Crippen LogP contribution in [0.4, 0.5) is 17.8 Å². The highest BCUT2D eigenvalue weighted by atomic mass is 15.3. The number of hydrogen-bond acceptors (Lipinski definition) is 6. The minimum Gasteiger partial charge on any atom is -0.351 e. The van der Waals surface area contributed by atoms with E-state index in [1.54, 1.807) is 0 Å². The molecule has 2 fully saturated rings. The minimum absolute atomic E-state index is 0.485. The second kappa shape index (κ2) is 9.19. The van der Waals surface area contributed by atoms with Crippen LogP contribution in [0.5, 0.6) is 0 Å². The number of anilines is 3. The summed E-state index contributed by atoms with van der Waals surface area (Å²) in [5, 5.41) is 7.26. The van der Waals surface area contributed by atoms with E-state index in [2.05, 4.69) is 39.8 Å². The normalized spacial score (nSPS) is 20.6. The molecule has 1 aromatic carbocycles. The fourth-order valence-corrected chi connectivity index (χ4v) is 5.16. The summed E-state index contributed by atoms with van der Waals surface area (Å²) in [4.78, 5) is 16.8. The van der Waals surface area contributed by atoms with Gasteiger partial charge in [0.1, 0.15) is 0 Å². The zero-order valence-corrected chi connectivity index (χ0v) is 17.9. The number of aromatic nitrogens is 3. The maximum Gasteiger partial charge on any atom is 0.232 e. The zero-order chi connectivity index (χ0) is 20.2. The average Bonchev–Trinajstić information content (AvgIpc) is 2.80. The Bertz CT molecular complexity index is 803. The highest BCUT2D eigenvalue weighted by molar-refractivity contribution is 5.47. The molecule has 5 rings (SSSR count). The second-order valence-corrected chi connectivity index (χ2v) is 9.18. The Kier molecular flexibility index (Phi) is 6.00. The van der Waals surface area contributed by atoms with E-state index in [-0.39, 0.29) is 0 Å². The third kappa shape index (κ3) is 4.68. The van der Waals surface area contributed by atoms with Crippen molar-refractivity contribution >= 4 is 17.8 Å². The Morgan fingerprint density at radius 3 is 1.87 bits per heavy atom. The van der Waals surface area contributed by atoms with Crippen LogP contribution in [0.25, 0.3) is 0 Å². The van der Waals surface area contributed by atoms with Gasteiger partial charge in [0.15, 0.2) is 0 Å². The summed E-state index contributed by atoms with van der Waals surface area (Å²) in [7, 11) is 0. The number of hydrogen-bond donors (Lipinski definition) is 2. The van der Waals surface area contributed by atoms with E-state index in [1.165, 1.54) is 75.3 Å². The molecule has 0 bridgehead atoms. The summed E-state index contributed by atoms with van der Waals surface area (Å²) in [5.41, 5.74) is 2.83. The molecule has 2 aromatic rings. The topological polar surface area (TPSA) is 66.0 Å². The quantitative estimate of drug-likeness (QED) is 0.734. The smallest absolute Gasteiger partial charge is 0.232 e. The fourth-order valence-electron chi connectivity index (χ4n) is 5.16. The van der Waals surface area contributed by atoms with E-state index in [4.69, 9.17) is 15.0 Å². The fraction of sp³-hybridized carbons (Fsp3) is 0.625. The molecule has 0 atom stereocenters. The number of fused-ring (bicyclic) bond motifs is 1. The minimum atomic E-state index is 0.485. The summed E-state index contributed by atoms with van der Waals surface area (Å²) in [6.07, 6.45) is 13.8. The highest BCUT2D eigenvalue weighted by Gasteiger charge is 2.22. The molecule has 30 heavy (non-hydrogen) atoms. The Morgan fingerprint density at radius 1 is 0.700 bits per heavy atom. The molecule has 1 aliphatic heterocycles. The van der Waals surface area contributed by atoms with E-state index >= 15 is 0 Å². The molecule has 0 radical (unpaired) electrons. The Hall–Kier alpha value is -2.37. The average molecular weight is 407 g/mol. The third-order valence-electron chi connectivity index (χ3n) is 6.91. The van der Waals surface area contributed by atoms with Crippen molar-refractivity contribution in [3.05, 3.63) is 35.4 Å². The molecule has 2 saturated carbocycles. The van der Waals surface area contributed by atoms with Crippen molar-refractivity contribution in [2.75, 3.05) is 22.1 Å². The van der Waals surface area contributed by atoms with Crippen molar-refractivity contribution in [1.29, 1.82) is 0 Å². The van der Waals surface area contributed by atoms with Gasteiger partial charge in [-0.2, -0.15) is 15.0 Å². The van der Waals surface area contributed by atoms with Crippen LogP contribution in [0.1, 0.15) is 75.3 Å². The summed E-state index contributed by atoms with van der Waals surface area (Å²) >= 11 is 0. The number of benzene rings is 1. The van der Waals surface area contributed by atoms with Gasteiger partial charge >= 0.3 is 0 Å². The lowest BCUT2D eigenvalue weighted by Crippen LogP contribution is -2.33. The van der Waals surface area contributed by atoms with Crippen LogP contribution < -0.4 is 15.5 Å². The van der Waals surface area contributed by atoms with Crippen LogP contribution in [0.3, 0.4) is 0 Å². The molecule has 6 heteroatoms. The summed E-state index contributed by atoms with van der Waals surface area (Å²) in [5.74, 6) is 2.28. The molecule has 2 aliphatic carbocycles. The molecule has 0 unspecified atom stereocenters. The van der Waals surface area contributed by atoms with Crippen molar-refractivity contribution in [1.82, 2.24) is 15.0 Å². The van der Waals surface area contributed by atoms with Crippen LogP contribution in [-0.2, 0) is 13.0 Å². The first kappa shape index (κ1) is 19.6. The molecular weight excluding hydrogens is 372 g/mol. The first-order valence-corrected chi connectivity index (χ1v) is 11.9. The molecule has 0 saturated heterocycles. The number of rotatable bonds is 5. The Labute approximate surface area is 179 Å². The van der Waals surface area contributed by atoms with Crippen LogP contribution in [0.2, 0.25) is 0 Å². The van der Waals surface area contributed by atoms with Crippen molar-refractivity contribution < 1.29 is 0 Å². The molecule has 0 amide bonds. The van der Waals surface area contributed by atoms with Crippen molar-refractivity contribution in [2.24, 2.45) is 0 Å². The number of nitrogens with one attached hydrogen (secondary N) is 2. The molecule has 2 N–H and O–H groups in total. The van der Waals surface area contributed by atoms with Gasteiger partial charge in [-0.1, -0.05) is 62.8 Å². The van der Waals surface area contributed by atoms with Crippen LogP contribution in [0.15, 0.2) is 24.3 Å². The van der Waals surface area contributed by atoms with Crippen molar-refractivity contribution in [2.45, 2.75) is 89.3 Å². The molecule has 6 nitrogen and oxygen atoms in total. The van der Waals surface area contributed by atoms with E-state index in [9.17, 15) is 0 Å². The molecule has 2 heterocycles. The first-order chi connectivity index (χ1) is 14.8. The van der Waals surface area contributed by atoms with Crippen LogP contribution in [0, 0.1) is 0 Å². The van der Waals surface area contributed by atoms with Gasteiger partial charge in [-0.05, 0) is 43.2 Å². The third-order valence-corrected chi connectivity index (χ3v) is 6.91. The standard InChI is InChI=1S/C24H34N6/c1-3-11-20(12-4-1)25-22-27-23(26-21-13-5-2-6-14-21)29-24(28-22)30-16-15-18-9-7-8-10-19(18)17-30/h7-10,20-21H,1-6,11-17H2,(H2,25,26,27,28,29). The van der Waals surface area contributed by atoms with Gasteiger partial charge in [-0.25, -0.2) is 0 Å². The Balaban J connectivity index is 1.38. The van der Waals surface area contributed by atoms with Crippen LogP contribution in [-0.4, -0.2) is 33.6 Å². The molecule has 1 aromatic heterocycles. The van der Waals surface area contributed by atoms with Gasteiger partial charge in [-0.15, -0.1) is 0 Å². The predicted octanol–water partition coefficient (Wildman–Crippen LogP) is 4.92. The molecule has 160 valence electrons. The lowest BCUT2D eigenvalue weighted by atomic mass is 9.96. The largest absolute Gasteiger partial charge is 0.351 e. The van der Waals surface area contributed by atoms with Gasteiger partial charge in [0, 0.05) is 25.2 Å². The molecular formula is C24H34N6. The van der Waals surface area contributed by atoms with Gasteiger partial charge in [0.2, 0.25) is 17.8 Å². The maximum atomic E-state index is 4.87. The predicted molar refractivity (Wildman–Crippen MR) is 122 cm³/mol. The monoisotopic (exact) mass is 406 g/mol. The van der Waals surface area contributed by atoms with Gasteiger partial charge in [0.05, 0.1) is 0 Å². The summed E-state index contributed by atoms with van der Waals surface area (Å²) in [6.45, 7) is 1.82. The van der Waals surface area contributed by atoms with Crippen molar-refractivity contribution in [3.8, 4) is 0 Å². The zero-order valence-electron chi connectivity index (χ0n) is 17.9. The van der Waals surface area contributed by atoms with Gasteiger partial charge < -0.3 is 15.5 Å². The van der Waals surface area contributed by atoms with E-state index < -0.39 is 0 Å². The van der Waals surface area contributed by atoms with E-state index in [1.807, 2.05) is 0 Å². The van der Waals surface area contributed by atoms with Gasteiger partial charge in [0.25, 0.3) is 0 Å². The highest BCUT2D eigenvalue weighted by Crippen LogP contribution is 2.26. The Morgan fingerprint density at radius 2 is 1.27 bits per heavy atom. The van der Waals surface area contributed by atoms with Crippen molar-refractivity contribution in [3.63, 3.8) is 0 Å². The van der Waals surface area contributed by atoms with E-state index in [0.29, 0.717) is 12.1 Å². The SMILES string of the molecule is c1ccc2c(c1)CCN(c1nc(NC3CCCCC3)nc(NC3CCCCC3)n1)C2. The second-order valence-electron chi connectivity index (χ2n) is 9.18. The molecule has 0 spiro atoms. The molecule has 3 aliphatic rings. The van der Waals surface area contributed by atoms with Gasteiger partial charge in [-0.3, -0.25) is 0 Å². The summed E-state index contributed by atoms with van der Waals surface area (Å²) < 4.78 is 0. The lowest BCUT2D eigenvalue weighted by molar-refractivity contribution is 0.458. The van der Waals surface area contributed by atoms with Crippen LogP contribution >= 0.6 is 0 Å². The van der Waals surface area contributed by atoms with E-state index in [0.717, 1.165) is 37.4 Å². The lowest BCUT2D eigenvalue weighted by Gasteiger charge is -2.30. The first-order valence-electron chi connectivity index (χ1n) is 11.9. The number of nitrogens with zero attached hydrogens (tertiary/aromatic N) is 4.